The summed E-state index contributed by atoms with van der Waals surface area (Å²) in [7, 11) is 0. The molecule has 1 aromatic carbocycles. The van der Waals surface area contributed by atoms with Gasteiger partial charge in [0.15, 0.2) is 0 Å². The van der Waals surface area contributed by atoms with E-state index in [1.165, 1.54) is 4.80 Å². The number of allylic oxidation sites excluding steroid dienone is 1. The highest BCUT2D eigenvalue weighted by atomic mass is 16.3. The highest BCUT2D eigenvalue weighted by Crippen LogP contribution is 2.26. The van der Waals surface area contributed by atoms with Gasteiger partial charge in [-0.15, -0.1) is 9.90 Å². The Labute approximate surface area is 107 Å². The van der Waals surface area contributed by atoms with Gasteiger partial charge in [-0.05, 0) is 51.0 Å². The maximum atomic E-state index is 10.1. The van der Waals surface area contributed by atoms with Crippen molar-refractivity contribution < 1.29 is 5.11 Å². The molecule has 0 unspecified atom stereocenters. The molecule has 2 rings (SSSR count). The number of nitrogens with zero attached hydrogens (tertiary/aromatic N) is 3. The zero-order chi connectivity index (χ0) is 13.3. The van der Waals surface area contributed by atoms with Crippen LogP contribution in [-0.4, -0.2) is 20.1 Å². The van der Waals surface area contributed by atoms with Gasteiger partial charge >= 0.3 is 0 Å². The summed E-state index contributed by atoms with van der Waals surface area (Å²) in [5.41, 5.74) is 4.17. The van der Waals surface area contributed by atoms with Crippen LogP contribution in [-0.2, 0) is 0 Å². The lowest BCUT2D eigenvalue weighted by atomic mass is 10.1. The largest absolute Gasteiger partial charge is 0.505 e. The number of phenolic OH excluding ortho intramolecular Hbond substituents is 1. The smallest absolute Gasteiger partial charge is 0.146 e. The Balaban J connectivity index is 2.58. The average Bonchev–Trinajstić information content (AvgIpc) is 2.66. The molecule has 1 heterocycles. The van der Waals surface area contributed by atoms with Gasteiger partial charge in [0.2, 0.25) is 0 Å². The third-order valence-electron chi connectivity index (χ3n) is 2.78. The van der Waals surface area contributed by atoms with Crippen molar-refractivity contribution in [2.24, 2.45) is 0 Å². The lowest BCUT2D eigenvalue weighted by Crippen LogP contribution is -2.01. The van der Waals surface area contributed by atoms with E-state index in [4.69, 9.17) is 0 Å². The molecule has 4 nitrogen and oxygen atoms in total. The normalized spacial score (nSPS) is 11.3. The minimum absolute atomic E-state index is 0.225. The van der Waals surface area contributed by atoms with Gasteiger partial charge < -0.3 is 5.11 Å². The molecule has 4 heteroatoms. The van der Waals surface area contributed by atoms with E-state index in [1.807, 2.05) is 52.0 Å². The highest BCUT2D eigenvalue weighted by Gasteiger charge is 2.12. The second-order valence-electron chi connectivity index (χ2n) is 4.41. The van der Waals surface area contributed by atoms with Crippen LogP contribution in [0.3, 0.4) is 0 Å². The molecule has 0 radical (unpaired) electrons. The third-order valence-corrected chi connectivity index (χ3v) is 2.78. The van der Waals surface area contributed by atoms with Crippen molar-refractivity contribution in [3.05, 3.63) is 40.7 Å². The van der Waals surface area contributed by atoms with E-state index in [1.54, 1.807) is 0 Å². The summed E-state index contributed by atoms with van der Waals surface area (Å²) in [4.78, 5) is 1.49. The SMILES string of the molecule is C/C=C\c1nn(-c2cc(C)cc(C)c2O)nc1C. The van der Waals surface area contributed by atoms with Gasteiger partial charge in [0.05, 0.1) is 5.69 Å². The summed E-state index contributed by atoms with van der Waals surface area (Å²) in [5, 5.41) is 18.8. The molecule has 0 bridgehead atoms. The molecule has 1 aromatic heterocycles. The maximum Gasteiger partial charge on any atom is 0.146 e. The van der Waals surface area contributed by atoms with Gasteiger partial charge in [-0.1, -0.05) is 12.1 Å². The van der Waals surface area contributed by atoms with Crippen LogP contribution in [0, 0.1) is 20.8 Å². The van der Waals surface area contributed by atoms with Crippen molar-refractivity contribution in [2.75, 3.05) is 0 Å². The number of hydrogen-bond acceptors (Lipinski definition) is 3. The predicted octanol–water partition coefficient (Wildman–Crippen LogP) is 2.93. The quantitative estimate of drug-likeness (QED) is 0.882. The van der Waals surface area contributed by atoms with Crippen LogP contribution in [0.25, 0.3) is 11.8 Å². The summed E-state index contributed by atoms with van der Waals surface area (Å²) in [5.74, 6) is 0.225. The van der Waals surface area contributed by atoms with Crippen molar-refractivity contribution in [3.8, 4) is 11.4 Å². The zero-order valence-corrected chi connectivity index (χ0v) is 11.1. The third kappa shape index (κ3) is 2.14. The first-order valence-electron chi connectivity index (χ1n) is 5.90. The Kier molecular flexibility index (Phi) is 3.19. The molecule has 0 fully saturated rings. The van der Waals surface area contributed by atoms with Crippen LogP contribution in [0.4, 0.5) is 0 Å². The summed E-state index contributed by atoms with van der Waals surface area (Å²) in [6.45, 7) is 7.69. The molecule has 0 saturated heterocycles. The molecule has 0 saturated carbocycles. The van der Waals surface area contributed by atoms with Crippen LogP contribution >= 0.6 is 0 Å². The first kappa shape index (κ1) is 12.4. The number of rotatable bonds is 2. The van der Waals surface area contributed by atoms with Gasteiger partial charge in [-0.25, -0.2) is 0 Å². The van der Waals surface area contributed by atoms with Crippen LogP contribution in [0.5, 0.6) is 5.75 Å². The van der Waals surface area contributed by atoms with Gasteiger partial charge in [-0.3, -0.25) is 0 Å². The fraction of sp³-hybridized carbons (Fsp3) is 0.286. The number of benzene rings is 1. The fourth-order valence-corrected chi connectivity index (χ4v) is 1.90. The lowest BCUT2D eigenvalue weighted by molar-refractivity contribution is 0.463. The zero-order valence-electron chi connectivity index (χ0n) is 11.1. The monoisotopic (exact) mass is 243 g/mol. The molecule has 0 amide bonds. The van der Waals surface area contributed by atoms with Gasteiger partial charge in [0.25, 0.3) is 0 Å². The summed E-state index contributed by atoms with van der Waals surface area (Å²) in [6, 6.07) is 3.81. The van der Waals surface area contributed by atoms with Crippen LogP contribution in [0.1, 0.15) is 29.4 Å². The van der Waals surface area contributed by atoms with Crippen molar-refractivity contribution in [2.45, 2.75) is 27.7 Å². The van der Waals surface area contributed by atoms with E-state index in [2.05, 4.69) is 10.2 Å². The van der Waals surface area contributed by atoms with Gasteiger partial charge in [0, 0.05) is 0 Å². The molecular weight excluding hydrogens is 226 g/mol. The molecule has 0 aliphatic heterocycles. The summed E-state index contributed by atoms with van der Waals surface area (Å²) in [6.07, 6.45) is 3.82. The molecule has 1 N–H and O–H groups in total. The van der Waals surface area contributed by atoms with Crippen LogP contribution < -0.4 is 0 Å². The lowest BCUT2D eigenvalue weighted by Gasteiger charge is -2.07. The van der Waals surface area contributed by atoms with Crippen molar-refractivity contribution in [3.63, 3.8) is 0 Å². The minimum atomic E-state index is 0.225. The summed E-state index contributed by atoms with van der Waals surface area (Å²) < 4.78 is 0. The molecule has 0 atom stereocenters. The standard InChI is InChI=1S/C14H17N3O/c1-5-6-12-11(4)15-17(16-12)13-8-9(2)7-10(3)14(13)18/h5-8,18H,1-4H3/b6-5-. The molecule has 18 heavy (non-hydrogen) atoms. The number of aromatic hydroxyl groups is 1. The highest BCUT2D eigenvalue weighted by molar-refractivity contribution is 5.53. The number of aryl methyl sites for hydroxylation is 3. The maximum absolute atomic E-state index is 10.1. The molecule has 2 aromatic rings. The van der Waals surface area contributed by atoms with Crippen LogP contribution in [0.15, 0.2) is 18.2 Å². The fourth-order valence-electron chi connectivity index (χ4n) is 1.90. The van der Waals surface area contributed by atoms with E-state index < -0.39 is 0 Å². The molecule has 94 valence electrons. The Morgan fingerprint density at radius 2 is 1.89 bits per heavy atom. The van der Waals surface area contributed by atoms with E-state index in [0.717, 1.165) is 22.5 Å². The Bertz CT molecular complexity index is 612. The molecule has 0 aliphatic carbocycles. The van der Waals surface area contributed by atoms with Crippen molar-refractivity contribution >= 4 is 6.08 Å². The van der Waals surface area contributed by atoms with E-state index in [0.29, 0.717) is 5.69 Å². The molecule has 0 aliphatic rings. The van der Waals surface area contributed by atoms with E-state index >= 15 is 0 Å². The van der Waals surface area contributed by atoms with Crippen molar-refractivity contribution in [1.82, 2.24) is 15.0 Å². The van der Waals surface area contributed by atoms with Gasteiger partial charge in [-0.2, -0.15) is 5.10 Å². The predicted molar refractivity (Wildman–Crippen MR) is 71.9 cm³/mol. The van der Waals surface area contributed by atoms with Crippen molar-refractivity contribution in [1.29, 1.82) is 0 Å². The van der Waals surface area contributed by atoms with Crippen LogP contribution in [0.2, 0.25) is 0 Å². The second-order valence-corrected chi connectivity index (χ2v) is 4.41. The Hall–Kier alpha value is -2.10. The Morgan fingerprint density at radius 3 is 2.56 bits per heavy atom. The topological polar surface area (TPSA) is 50.9 Å². The summed E-state index contributed by atoms with van der Waals surface area (Å²) >= 11 is 0. The minimum Gasteiger partial charge on any atom is -0.505 e. The van der Waals surface area contributed by atoms with E-state index in [-0.39, 0.29) is 5.75 Å². The molecular formula is C14H17N3O. The van der Waals surface area contributed by atoms with Gasteiger partial charge in [0.1, 0.15) is 17.1 Å². The number of hydrogen-bond donors (Lipinski definition) is 1. The first-order valence-corrected chi connectivity index (χ1v) is 5.90. The second kappa shape index (κ2) is 4.64. The Morgan fingerprint density at radius 1 is 1.17 bits per heavy atom. The van der Waals surface area contributed by atoms with E-state index in [9.17, 15) is 5.11 Å². The molecule has 0 spiro atoms. The number of phenols is 1. The average molecular weight is 243 g/mol. The number of aromatic nitrogens is 3. The first-order chi connectivity index (χ1) is 8.52.